The van der Waals surface area contributed by atoms with E-state index in [0.717, 1.165) is 6.61 Å². The summed E-state index contributed by atoms with van der Waals surface area (Å²) >= 11 is 0. The van der Waals surface area contributed by atoms with Gasteiger partial charge in [0.15, 0.2) is 0 Å². The van der Waals surface area contributed by atoms with E-state index in [0.29, 0.717) is 6.61 Å². The Bertz CT molecular complexity index is 286. The molecule has 2 heteroatoms. The van der Waals surface area contributed by atoms with Gasteiger partial charge in [0, 0.05) is 0 Å². The van der Waals surface area contributed by atoms with Gasteiger partial charge >= 0.3 is 0 Å². The molecular weight excluding hydrogens is 200 g/mol. The zero-order chi connectivity index (χ0) is 11.9. The molecule has 90 valence electrons. The topological polar surface area (TPSA) is 18.5 Å². The highest BCUT2D eigenvalue weighted by molar-refractivity contribution is 5.05. The highest BCUT2D eigenvalue weighted by Gasteiger charge is 2.07. The molecule has 0 saturated carbocycles. The van der Waals surface area contributed by atoms with E-state index in [4.69, 9.17) is 9.47 Å². The molecule has 0 spiro atoms. The van der Waals surface area contributed by atoms with Gasteiger partial charge in [0.2, 0.25) is 0 Å². The summed E-state index contributed by atoms with van der Waals surface area (Å²) in [5.74, 6) is 2.86. The van der Waals surface area contributed by atoms with Gasteiger partial charge in [0.25, 0.3) is 0 Å². The van der Waals surface area contributed by atoms with Crippen LogP contribution in [0.1, 0.15) is 46.5 Å². The summed E-state index contributed by atoms with van der Waals surface area (Å²) < 4.78 is 10.7. The summed E-state index contributed by atoms with van der Waals surface area (Å²) in [5.41, 5.74) is 1.23. The molecule has 0 aromatic rings. The molecular formula is C14H22O2. The summed E-state index contributed by atoms with van der Waals surface area (Å²) in [6.45, 7) is 7.12. The summed E-state index contributed by atoms with van der Waals surface area (Å²) in [6, 6.07) is 0. The quantitative estimate of drug-likeness (QED) is 0.414. The molecule has 0 aromatic heterocycles. The fraction of sp³-hybridized carbons (Fsp3) is 0.714. The van der Waals surface area contributed by atoms with Crippen LogP contribution in [-0.4, -0.2) is 18.8 Å². The number of hydrogen-bond donors (Lipinski definition) is 0. The first-order valence-electron chi connectivity index (χ1n) is 5.99. The molecule has 0 heterocycles. The van der Waals surface area contributed by atoms with Crippen LogP contribution in [0.15, 0.2) is 11.6 Å². The van der Waals surface area contributed by atoms with E-state index >= 15 is 0 Å². The van der Waals surface area contributed by atoms with E-state index in [9.17, 15) is 0 Å². The maximum Gasteiger partial charge on any atom is 0.113 e. The van der Waals surface area contributed by atoms with Crippen molar-refractivity contribution < 1.29 is 9.47 Å². The van der Waals surface area contributed by atoms with Crippen LogP contribution in [0, 0.1) is 12.0 Å². The second-order valence-electron chi connectivity index (χ2n) is 5.09. The maximum absolute atomic E-state index is 5.47. The molecule has 0 saturated heterocycles. The van der Waals surface area contributed by atoms with Gasteiger partial charge < -0.3 is 9.47 Å². The average Bonchev–Trinajstić information content (AvgIpc) is 2.23. The Morgan fingerprint density at radius 2 is 2.12 bits per heavy atom. The maximum atomic E-state index is 5.47. The Morgan fingerprint density at radius 3 is 2.75 bits per heavy atom. The van der Waals surface area contributed by atoms with Gasteiger partial charge in [-0.3, -0.25) is 0 Å². The van der Waals surface area contributed by atoms with E-state index < -0.39 is 0 Å². The predicted octanol–water partition coefficient (Wildman–Crippen LogP) is 3.28. The van der Waals surface area contributed by atoms with Crippen molar-refractivity contribution in [2.24, 2.45) is 0 Å². The third-order valence-electron chi connectivity index (χ3n) is 2.28. The van der Waals surface area contributed by atoms with Crippen molar-refractivity contribution in [1.82, 2.24) is 0 Å². The molecule has 1 aliphatic carbocycles. The molecule has 0 unspecified atom stereocenters. The number of rotatable bonds is 3. The Labute approximate surface area is 99.0 Å². The second-order valence-corrected chi connectivity index (χ2v) is 5.09. The summed E-state index contributed by atoms with van der Waals surface area (Å²) in [4.78, 5) is 0. The van der Waals surface area contributed by atoms with E-state index in [1.54, 1.807) is 0 Å². The fourth-order valence-electron chi connectivity index (χ4n) is 1.49. The zero-order valence-corrected chi connectivity index (χ0v) is 10.6. The molecule has 0 atom stereocenters. The summed E-state index contributed by atoms with van der Waals surface area (Å²) in [7, 11) is 0. The lowest BCUT2D eigenvalue weighted by Gasteiger charge is -2.14. The lowest BCUT2D eigenvalue weighted by Crippen LogP contribution is -2.15. The lowest BCUT2D eigenvalue weighted by molar-refractivity contribution is 0.0951. The van der Waals surface area contributed by atoms with E-state index in [-0.39, 0.29) is 5.60 Å². The number of allylic oxidation sites excluding steroid dienone is 1. The minimum absolute atomic E-state index is 0.196. The van der Waals surface area contributed by atoms with Gasteiger partial charge in [0.1, 0.15) is 18.3 Å². The van der Waals surface area contributed by atoms with Gasteiger partial charge in [-0.15, -0.1) is 0 Å². The molecule has 16 heavy (non-hydrogen) atoms. The third kappa shape index (κ3) is 6.53. The van der Waals surface area contributed by atoms with Crippen LogP contribution < -0.4 is 0 Å². The van der Waals surface area contributed by atoms with Crippen LogP contribution in [0.25, 0.3) is 0 Å². The largest absolute Gasteiger partial charge is 0.441 e. The van der Waals surface area contributed by atoms with Crippen molar-refractivity contribution in [2.45, 2.75) is 52.1 Å². The minimum atomic E-state index is -0.196. The molecule has 1 rings (SSSR count). The van der Waals surface area contributed by atoms with Crippen molar-refractivity contribution in [3.63, 3.8) is 0 Å². The van der Waals surface area contributed by atoms with Crippen molar-refractivity contribution in [2.75, 3.05) is 13.2 Å². The first kappa shape index (κ1) is 13.1. The third-order valence-corrected chi connectivity index (χ3v) is 2.28. The van der Waals surface area contributed by atoms with Crippen LogP contribution in [-0.2, 0) is 9.47 Å². The van der Waals surface area contributed by atoms with Gasteiger partial charge in [-0.25, -0.2) is 0 Å². The van der Waals surface area contributed by atoms with E-state index in [1.165, 1.54) is 31.3 Å². The van der Waals surface area contributed by atoms with Crippen molar-refractivity contribution in [3.05, 3.63) is 11.6 Å². The van der Waals surface area contributed by atoms with Crippen molar-refractivity contribution >= 4 is 0 Å². The highest BCUT2D eigenvalue weighted by atomic mass is 16.5. The Hall–Kier alpha value is -0.940. The first-order valence-corrected chi connectivity index (χ1v) is 5.99. The zero-order valence-electron chi connectivity index (χ0n) is 10.6. The van der Waals surface area contributed by atoms with Crippen LogP contribution >= 0.6 is 0 Å². The van der Waals surface area contributed by atoms with Crippen LogP contribution in [0.4, 0.5) is 0 Å². The van der Waals surface area contributed by atoms with Gasteiger partial charge in [-0.2, -0.15) is 0 Å². The smallest absolute Gasteiger partial charge is 0.113 e. The second kappa shape index (κ2) is 6.60. The Balaban J connectivity index is 2.09. The van der Waals surface area contributed by atoms with Gasteiger partial charge in [-0.1, -0.05) is 6.08 Å². The molecule has 0 bridgehead atoms. The minimum Gasteiger partial charge on any atom is -0.441 e. The van der Waals surface area contributed by atoms with Gasteiger partial charge in [0.05, 0.1) is 6.61 Å². The molecule has 0 radical (unpaired) electrons. The van der Waals surface area contributed by atoms with E-state index in [2.05, 4.69) is 18.1 Å². The SMILES string of the molecule is CC(C)(C)OC#CCOCC1=CCCCC1. The molecule has 2 nitrogen and oxygen atoms in total. The lowest BCUT2D eigenvalue weighted by atomic mass is 10.0. The van der Waals surface area contributed by atoms with Crippen molar-refractivity contribution in [1.29, 1.82) is 0 Å². The predicted molar refractivity (Wildman–Crippen MR) is 66.0 cm³/mol. The molecule has 0 amide bonds. The average molecular weight is 222 g/mol. The summed E-state index contributed by atoms with van der Waals surface area (Å²) in [5, 5.41) is 0. The fourth-order valence-corrected chi connectivity index (χ4v) is 1.49. The van der Waals surface area contributed by atoms with E-state index in [1.807, 2.05) is 20.8 Å². The van der Waals surface area contributed by atoms with Crippen LogP contribution in [0.3, 0.4) is 0 Å². The standard InChI is InChI=1S/C14H22O2/c1-14(2,3)16-11-7-10-15-12-13-8-5-4-6-9-13/h8H,4-6,9-10,12H2,1-3H3. The van der Waals surface area contributed by atoms with Crippen molar-refractivity contribution in [3.8, 4) is 12.0 Å². The first-order chi connectivity index (χ1) is 7.58. The molecule has 0 N–H and O–H groups in total. The summed E-state index contributed by atoms with van der Waals surface area (Å²) in [6.07, 6.45) is 9.98. The van der Waals surface area contributed by atoms with Gasteiger partial charge in [-0.05, 0) is 57.9 Å². The Kier molecular flexibility index (Phi) is 5.42. The molecule has 0 aromatic carbocycles. The monoisotopic (exact) mass is 222 g/mol. The van der Waals surface area contributed by atoms with Crippen LogP contribution in [0.2, 0.25) is 0 Å². The number of ether oxygens (including phenoxy) is 2. The normalized spacial score (nSPS) is 16.1. The number of hydrogen-bond acceptors (Lipinski definition) is 2. The van der Waals surface area contributed by atoms with Crippen LogP contribution in [0.5, 0.6) is 0 Å². The molecule has 1 aliphatic rings. The molecule has 0 aliphatic heterocycles. The Morgan fingerprint density at radius 1 is 1.31 bits per heavy atom. The highest BCUT2D eigenvalue weighted by Crippen LogP contribution is 2.17. The molecule has 0 fully saturated rings.